The van der Waals surface area contributed by atoms with Crippen LogP contribution < -0.4 is 5.32 Å². The molecule has 2 aromatic rings. The molecule has 3 nitrogen and oxygen atoms in total. The first-order valence-corrected chi connectivity index (χ1v) is 6.41. The molecule has 0 amide bonds. The highest BCUT2D eigenvalue weighted by Gasteiger charge is 2.05. The Labute approximate surface area is 109 Å². The molecule has 0 unspecified atom stereocenters. The summed E-state index contributed by atoms with van der Waals surface area (Å²) >= 11 is 0. The Kier molecular flexibility index (Phi) is 3.70. The predicted octanol–water partition coefficient (Wildman–Crippen LogP) is 3.90. The third-order valence-electron chi connectivity index (χ3n) is 2.76. The Morgan fingerprint density at radius 1 is 1.17 bits per heavy atom. The molecular weight excluding hydrogens is 222 g/mol. The molecule has 3 heteroatoms. The fourth-order valence-electron chi connectivity index (χ4n) is 2.15. The minimum atomic E-state index is 0.610. The van der Waals surface area contributed by atoms with Crippen molar-refractivity contribution < 1.29 is 0 Å². The van der Waals surface area contributed by atoms with Crippen LogP contribution in [0.4, 0.5) is 11.6 Å². The molecule has 0 saturated heterocycles. The van der Waals surface area contributed by atoms with E-state index < -0.39 is 0 Å². The van der Waals surface area contributed by atoms with Gasteiger partial charge in [0.15, 0.2) is 0 Å². The zero-order valence-electron chi connectivity index (χ0n) is 11.6. The maximum atomic E-state index is 4.38. The standard InChI is InChI=1S/C15H21N3/c1-11(2)10-18-6-5-16-15(18)17-14-8-12(3)7-13(4)9-14/h5-9,11H,10H2,1-4H3,(H,16,17). The van der Waals surface area contributed by atoms with Gasteiger partial charge >= 0.3 is 0 Å². The quantitative estimate of drug-likeness (QED) is 0.882. The van der Waals surface area contributed by atoms with Crippen LogP contribution in [0.1, 0.15) is 25.0 Å². The summed E-state index contributed by atoms with van der Waals surface area (Å²) < 4.78 is 2.16. The Bertz CT molecular complexity index is 506. The third kappa shape index (κ3) is 3.13. The van der Waals surface area contributed by atoms with Gasteiger partial charge in [0.25, 0.3) is 0 Å². The summed E-state index contributed by atoms with van der Waals surface area (Å²) in [5, 5.41) is 3.39. The van der Waals surface area contributed by atoms with E-state index in [-0.39, 0.29) is 0 Å². The molecule has 0 aliphatic rings. The number of aryl methyl sites for hydroxylation is 2. The molecule has 18 heavy (non-hydrogen) atoms. The van der Waals surface area contributed by atoms with Crippen LogP contribution >= 0.6 is 0 Å². The van der Waals surface area contributed by atoms with Crippen LogP contribution in [-0.2, 0) is 6.54 Å². The largest absolute Gasteiger partial charge is 0.326 e. The van der Waals surface area contributed by atoms with Crippen LogP contribution in [0, 0.1) is 19.8 Å². The first-order chi connectivity index (χ1) is 8.54. The van der Waals surface area contributed by atoms with Crippen molar-refractivity contribution in [2.24, 2.45) is 5.92 Å². The van der Waals surface area contributed by atoms with Crippen molar-refractivity contribution in [1.82, 2.24) is 9.55 Å². The van der Waals surface area contributed by atoms with Gasteiger partial charge in [-0.15, -0.1) is 0 Å². The van der Waals surface area contributed by atoms with Gasteiger partial charge in [0.05, 0.1) is 0 Å². The number of imidazole rings is 1. The average Bonchev–Trinajstić information content (AvgIpc) is 2.63. The molecule has 1 aromatic carbocycles. The summed E-state index contributed by atoms with van der Waals surface area (Å²) in [6.45, 7) is 9.62. The summed E-state index contributed by atoms with van der Waals surface area (Å²) in [4.78, 5) is 4.38. The molecule has 0 aliphatic heterocycles. The van der Waals surface area contributed by atoms with E-state index in [2.05, 4.69) is 60.8 Å². The first-order valence-electron chi connectivity index (χ1n) is 6.41. The van der Waals surface area contributed by atoms with E-state index in [1.54, 1.807) is 0 Å². The second-order valence-corrected chi connectivity index (χ2v) is 5.30. The molecule has 0 saturated carbocycles. The lowest BCUT2D eigenvalue weighted by atomic mass is 10.1. The number of hydrogen-bond donors (Lipinski definition) is 1. The smallest absolute Gasteiger partial charge is 0.207 e. The minimum absolute atomic E-state index is 0.610. The van der Waals surface area contributed by atoms with E-state index in [0.717, 1.165) is 18.2 Å². The molecule has 2 rings (SSSR count). The Morgan fingerprint density at radius 3 is 2.44 bits per heavy atom. The van der Waals surface area contributed by atoms with Gasteiger partial charge in [-0.25, -0.2) is 4.98 Å². The molecule has 0 aliphatic carbocycles. The summed E-state index contributed by atoms with van der Waals surface area (Å²) in [5.41, 5.74) is 3.63. The van der Waals surface area contributed by atoms with Gasteiger partial charge in [-0.2, -0.15) is 0 Å². The lowest BCUT2D eigenvalue weighted by Crippen LogP contribution is -2.07. The second-order valence-electron chi connectivity index (χ2n) is 5.30. The molecule has 0 fully saturated rings. The van der Waals surface area contributed by atoms with Gasteiger partial charge in [-0.3, -0.25) is 0 Å². The molecule has 1 heterocycles. The molecule has 1 N–H and O–H groups in total. The van der Waals surface area contributed by atoms with Crippen molar-refractivity contribution in [2.45, 2.75) is 34.2 Å². The van der Waals surface area contributed by atoms with E-state index >= 15 is 0 Å². The molecule has 1 aromatic heterocycles. The zero-order valence-corrected chi connectivity index (χ0v) is 11.6. The number of nitrogens with one attached hydrogen (secondary N) is 1. The maximum absolute atomic E-state index is 4.38. The van der Waals surface area contributed by atoms with Gasteiger partial charge in [0.2, 0.25) is 5.95 Å². The second kappa shape index (κ2) is 5.25. The van der Waals surface area contributed by atoms with Gasteiger partial charge < -0.3 is 9.88 Å². The van der Waals surface area contributed by atoms with Crippen molar-refractivity contribution in [3.05, 3.63) is 41.7 Å². The first kappa shape index (κ1) is 12.7. The summed E-state index contributed by atoms with van der Waals surface area (Å²) in [7, 11) is 0. The summed E-state index contributed by atoms with van der Waals surface area (Å²) in [6, 6.07) is 6.45. The molecule has 0 atom stereocenters. The molecule has 0 radical (unpaired) electrons. The highest BCUT2D eigenvalue weighted by atomic mass is 15.2. The number of benzene rings is 1. The van der Waals surface area contributed by atoms with Gasteiger partial charge in [0.1, 0.15) is 0 Å². The van der Waals surface area contributed by atoms with Crippen LogP contribution in [0.25, 0.3) is 0 Å². The predicted molar refractivity (Wildman–Crippen MR) is 76.3 cm³/mol. The van der Waals surface area contributed by atoms with E-state index in [1.165, 1.54) is 11.1 Å². The molecule has 96 valence electrons. The Morgan fingerprint density at radius 2 is 1.83 bits per heavy atom. The van der Waals surface area contributed by atoms with E-state index in [0.29, 0.717) is 5.92 Å². The van der Waals surface area contributed by atoms with Crippen molar-refractivity contribution in [2.75, 3.05) is 5.32 Å². The molecular formula is C15H21N3. The van der Waals surface area contributed by atoms with Crippen LogP contribution in [0.2, 0.25) is 0 Å². The highest BCUT2D eigenvalue weighted by molar-refractivity contribution is 5.56. The Hall–Kier alpha value is -1.77. The van der Waals surface area contributed by atoms with E-state index in [1.807, 2.05) is 12.4 Å². The SMILES string of the molecule is Cc1cc(C)cc(Nc2nccn2CC(C)C)c1. The number of anilines is 2. The molecule has 0 spiro atoms. The maximum Gasteiger partial charge on any atom is 0.207 e. The van der Waals surface area contributed by atoms with Crippen LogP contribution in [0.3, 0.4) is 0 Å². The van der Waals surface area contributed by atoms with Crippen LogP contribution in [-0.4, -0.2) is 9.55 Å². The number of rotatable bonds is 4. The zero-order chi connectivity index (χ0) is 13.1. The number of aromatic nitrogens is 2. The monoisotopic (exact) mass is 243 g/mol. The Balaban J connectivity index is 2.20. The van der Waals surface area contributed by atoms with E-state index in [4.69, 9.17) is 0 Å². The summed E-state index contributed by atoms with van der Waals surface area (Å²) in [6.07, 6.45) is 3.86. The number of hydrogen-bond acceptors (Lipinski definition) is 2. The van der Waals surface area contributed by atoms with Crippen molar-refractivity contribution in [3.63, 3.8) is 0 Å². The van der Waals surface area contributed by atoms with Crippen molar-refractivity contribution in [3.8, 4) is 0 Å². The number of nitrogens with zero attached hydrogens (tertiary/aromatic N) is 2. The lowest BCUT2D eigenvalue weighted by Gasteiger charge is -2.12. The van der Waals surface area contributed by atoms with Crippen LogP contribution in [0.5, 0.6) is 0 Å². The normalized spacial score (nSPS) is 10.9. The van der Waals surface area contributed by atoms with Gasteiger partial charge in [-0.1, -0.05) is 19.9 Å². The van der Waals surface area contributed by atoms with Crippen LogP contribution in [0.15, 0.2) is 30.6 Å². The van der Waals surface area contributed by atoms with Gasteiger partial charge in [0, 0.05) is 24.6 Å². The third-order valence-corrected chi connectivity index (χ3v) is 2.76. The lowest BCUT2D eigenvalue weighted by molar-refractivity contribution is 0.527. The topological polar surface area (TPSA) is 29.9 Å². The van der Waals surface area contributed by atoms with Gasteiger partial charge in [-0.05, 0) is 43.0 Å². The highest BCUT2D eigenvalue weighted by Crippen LogP contribution is 2.19. The van der Waals surface area contributed by atoms with Crippen molar-refractivity contribution >= 4 is 11.6 Å². The fourth-order valence-corrected chi connectivity index (χ4v) is 2.15. The van der Waals surface area contributed by atoms with Crippen molar-refractivity contribution in [1.29, 1.82) is 0 Å². The molecule has 0 bridgehead atoms. The average molecular weight is 243 g/mol. The summed E-state index contributed by atoms with van der Waals surface area (Å²) in [5.74, 6) is 1.52. The fraction of sp³-hybridized carbons (Fsp3) is 0.400. The van der Waals surface area contributed by atoms with E-state index in [9.17, 15) is 0 Å². The minimum Gasteiger partial charge on any atom is -0.326 e.